The summed E-state index contributed by atoms with van der Waals surface area (Å²) in [4.78, 5) is 24.1. The van der Waals surface area contributed by atoms with Crippen LogP contribution in [0.5, 0.6) is 0 Å². The minimum Gasteiger partial charge on any atom is -0.378 e. The van der Waals surface area contributed by atoms with Crippen LogP contribution in [-0.4, -0.2) is 24.6 Å². The zero-order chi connectivity index (χ0) is 19.1. The van der Waals surface area contributed by atoms with Gasteiger partial charge in [0.15, 0.2) is 0 Å². The maximum absolute atomic E-state index is 12.1. The lowest BCUT2D eigenvalue weighted by Gasteiger charge is -2.16. The lowest BCUT2D eigenvalue weighted by Crippen LogP contribution is -2.29. The Kier molecular flexibility index (Phi) is 6.44. The number of anilines is 2. The summed E-state index contributed by atoms with van der Waals surface area (Å²) < 4.78 is 5.50. The van der Waals surface area contributed by atoms with E-state index in [-0.39, 0.29) is 24.1 Å². The van der Waals surface area contributed by atoms with Gasteiger partial charge in [-0.1, -0.05) is 30.3 Å². The van der Waals surface area contributed by atoms with Gasteiger partial charge in [0.1, 0.15) is 0 Å². The molecule has 1 aliphatic heterocycles. The first-order chi connectivity index (χ1) is 13.1. The lowest BCUT2D eigenvalue weighted by molar-refractivity contribution is -0.123. The first-order valence-electron chi connectivity index (χ1n) is 9.24. The van der Waals surface area contributed by atoms with Crippen molar-refractivity contribution in [3.8, 4) is 0 Å². The molecule has 1 heterocycles. The molecule has 3 rings (SSSR count). The van der Waals surface area contributed by atoms with Gasteiger partial charge >= 0.3 is 6.03 Å². The fraction of sp³-hybridized carbons (Fsp3) is 0.333. The fourth-order valence-corrected chi connectivity index (χ4v) is 3.07. The second kappa shape index (κ2) is 9.19. The Morgan fingerprint density at radius 3 is 2.33 bits per heavy atom. The highest BCUT2D eigenvalue weighted by Crippen LogP contribution is 2.19. The molecule has 0 aromatic heterocycles. The monoisotopic (exact) mass is 367 g/mol. The molecule has 2 aromatic carbocycles. The van der Waals surface area contributed by atoms with E-state index in [9.17, 15) is 9.59 Å². The van der Waals surface area contributed by atoms with E-state index in [4.69, 9.17) is 4.74 Å². The Morgan fingerprint density at radius 1 is 1.04 bits per heavy atom. The van der Waals surface area contributed by atoms with E-state index in [0.29, 0.717) is 12.1 Å². The average Bonchev–Trinajstić information content (AvgIpc) is 3.15. The van der Waals surface area contributed by atoms with Gasteiger partial charge in [-0.05, 0) is 49.6 Å². The Hall–Kier alpha value is -2.86. The summed E-state index contributed by atoms with van der Waals surface area (Å²) in [5, 5.41) is 8.56. The van der Waals surface area contributed by atoms with Crippen LogP contribution < -0.4 is 16.0 Å². The topological polar surface area (TPSA) is 79.5 Å². The molecule has 3 N–H and O–H groups in total. The second-order valence-corrected chi connectivity index (χ2v) is 6.70. The standard InChI is InChI=1S/C21H25N3O3/c1-15(22-20(25)14-19-8-5-13-27-19)16-9-11-18(12-10-16)24-21(26)23-17-6-3-2-4-7-17/h2-4,6-7,9-12,15,19H,5,8,13-14H2,1H3,(H,22,25)(H2,23,24,26)/t15-,19-/m1/s1. The number of rotatable bonds is 6. The Bertz CT molecular complexity index is 756. The smallest absolute Gasteiger partial charge is 0.323 e. The van der Waals surface area contributed by atoms with Gasteiger partial charge in [0.25, 0.3) is 0 Å². The summed E-state index contributed by atoms with van der Waals surface area (Å²) in [7, 11) is 0. The fourth-order valence-electron chi connectivity index (χ4n) is 3.07. The van der Waals surface area contributed by atoms with Crippen molar-refractivity contribution in [3.63, 3.8) is 0 Å². The number of carbonyl (C=O) groups is 2. The predicted molar refractivity (Wildman–Crippen MR) is 106 cm³/mol. The average molecular weight is 367 g/mol. The Balaban J connectivity index is 1.48. The third kappa shape index (κ3) is 5.82. The molecule has 0 unspecified atom stereocenters. The quantitative estimate of drug-likeness (QED) is 0.720. The molecule has 6 heteroatoms. The minimum absolute atomic E-state index is 0.00107. The first kappa shape index (κ1) is 18.9. The number of ether oxygens (including phenoxy) is 1. The molecule has 0 saturated carbocycles. The Morgan fingerprint density at radius 2 is 1.70 bits per heavy atom. The van der Waals surface area contributed by atoms with Gasteiger partial charge in [-0.15, -0.1) is 0 Å². The normalized spacial score (nSPS) is 17.1. The van der Waals surface area contributed by atoms with Crippen molar-refractivity contribution < 1.29 is 14.3 Å². The molecule has 0 aliphatic carbocycles. The van der Waals surface area contributed by atoms with Gasteiger partial charge in [-0.25, -0.2) is 4.79 Å². The molecular weight excluding hydrogens is 342 g/mol. The van der Waals surface area contributed by atoms with Gasteiger partial charge in [-0.2, -0.15) is 0 Å². The van der Waals surface area contributed by atoms with Crippen molar-refractivity contribution in [2.45, 2.75) is 38.3 Å². The molecule has 1 aliphatic rings. The van der Waals surface area contributed by atoms with E-state index >= 15 is 0 Å². The number of amides is 3. The zero-order valence-corrected chi connectivity index (χ0v) is 15.4. The van der Waals surface area contributed by atoms with E-state index in [1.165, 1.54) is 0 Å². The summed E-state index contributed by atoms with van der Waals surface area (Å²) in [6.07, 6.45) is 2.43. The van der Waals surface area contributed by atoms with Crippen molar-refractivity contribution in [1.29, 1.82) is 0 Å². The summed E-state index contributed by atoms with van der Waals surface area (Å²) in [5.41, 5.74) is 2.39. The van der Waals surface area contributed by atoms with Crippen LogP contribution in [0.3, 0.4) is 0 Å². The number of benzene rings is 2. The van der Waals surface area contributed by atoms with Gasteiger partial charge in [0, 0.05) is 18.0 Å². The number of carbonyl (C=O) groups excluding carboxylic acids is 2. The van der Waals surface area contributed by atoms with Crippen molar-refractivity contribution in [2.24, 2.45) is 0 Å². The highest BCUT2D eigenvalue weighted by Gasteiger charge is 2.20. The maximum atomic E-state index is 12.1. The number of urea groups is 1. The van der Waals surface area contributed by atoms with Crippen molar-refractivity contribution >= 4 is 23.3 Å². The molecule has 6 nitrogen and oxygen atoms in total. The molecule has 1 saturated heterocycles. The van der Waals surface area contributed by atoms with Crippen molar-refractivity contribution in [2.75, 3.05) is 17.2 Å². The van der Waals surface area contributed by atoms with Crippen LogP contribution in [0.25, 0.3) is 0 Å². The van der Waals surface area contributed by atoms with Crippen molar-refractivity contribution in [3.05, 3.63) is 60.2 Å². The molecule has 0 bridgehead atoms. The second-order valence-electron chi connectivity index (χ2n) is 6.70. The third-order valence-corrected chi connectivity index (χ3v) is 4.51. The zero-order valence-electron chi connectivity index (χ0n) is 15.4. The maximum Gasteiger partial charge on any atom is 0.323 e. The van der Waals surface area contributed by atoms with Crippen LogP contribution in [0.1, 0.15) is 37.8 Å². The van der Waals surface area contributed by atoms with Crippen LogP contribution in [0.4, 0.5) is 16.2 Å². The summed E-state index contributed by atoms with van der Waals surface area (Å²) in [6, 6.07) is 16.3. The lowest BCUT2D eigenvalue weighted by atomic mass is 10.1. The number of para-hydroxylation sites is 1. The minimum atomic E-state index is -0.299. The van der Waals surface area contributed by atoms with Crippen molar-refractivity contribution in [1.82, 2.24) is 5.32 Å². The third-order valence-electron chi connectivity index (χ3n) is 4.51. The van der Waals surface area contributed by atoms with Gasteiger partial charge < -0.3 is 20.7 Å². The summed E-state index contributed by atoms with van der Waals surface area (Å²) in [5.74, 6) is -0.00107. The van der Waals surface area contributed by atoms with Crippen LogP contribution in [0, 0.1) is 0 Å². The number of hydrogen-bond donors (Lipinski definition) is 3. The molecule has 1 fully saturated rings. The van der Waals surface area contributed by atoms with Gasteiger partial charge in [0.2, 0.25) is 5.91 Å². The molecule has 0 spiro atoms. The van der Waals surface area contributed by atoms with E-state index in [0.717, 1.165) is 30.7 Å². The SMILES string of the molecule is C[C@@H](NC(=O)C[C@H]1CCCO1)c1ccc(NC(=O)Nc2ccccc2)cc1. The molecule has 0 radical (unpaired) electrons. The van der Waals surface area contributed by atoms with Crippen LogP contribution >= 0.6 is 0 Å². The van der Waals surface area contributed by atoms with E-state index in [1.54, 1.807) is 0 Å². The van der Waals surface area contributed by atoms with Crippen LogP contribution in [0.15, 0.2) is 54.6 Å². The molecular formula is C21H25N3O3. The molecule has 2 atom stereocenters. The summed E-state index contributed by atoms with van der Waals surface area (Å²) >= 11 is 0. The summed E-state index contributed by atoms with van der Waals surface area (Å²) in [6.45, 7) is 2.69. The number of hydrogen-bond acceptors (Lipinski definition) is 3. The highest BCUT2D eigenvalue weighted by molar-refractivity contribution is 5.99. The van der Waals surface area contributed by atoms with E-state index < -0.39 is 0 Å². The first-order valence-corrected chi connectivity index (χ1v) is 9.24. The highest BCUT2D eigenvalue weighted by atomic mass is 16.5. The van der Waals surface area contributed by atoms with E-state index in [2.05, 4.69) is 16.0 Å². The van der Waals surface area contributed by atoms with Gasteiger partial charge in [-0.3, -0.25) is 4.79 Å². The molecule has 2 aromatic rings. The predicted octanol–water partition coefficient (Wildman–Crippen LogP) is 4.08. The largest absolute Gasteiger partial charge is 0.378 e. The van der Waals surface area contributed by atoms with Gasteiger partial charge in [0.05, 0.1) is 18.6 Å². The van der Waals surface area contributed by atoms with E-state index in [1.807, 2.05) is 61.5 Å². The Labute approximate surface area is 159 Å². The molecule has 3 amide bonds. The number of nitrogens with one attached hydrogen (secondary N) is 3. The molecule has 142 valence electrons. The van der Waals surface area contributed by atoms with Crippen LogP contribution in [-0.2, 0) is 9.53 Å². The molecule has 27 heavy (non-hydrogen) atoms. The van der Waals surface area contributed by atoms with Crippen LogP contribution in [0.2, 0.25) is 0 Å².